The third-order valence-electron chi connectivity index (χ3n) is 3.66. The average molecular weight is 273 g/mol. The SMILES string of the molecule is Cc1cccc2nc(CNC(=O)[C@@H]3CCCCO3)cn12. The summed E-state index contributed by atoms with van der Waals surface area (Å²) in [5.74, 6) is -0.0292. The van der Waals surface area contributed by atoms with Gasteiger partial charge in [0.2, 0.25) is 5.91 Å². The summed E-state index contributed by atoms with van der Waals surface area (Å²) in [6.07, 6.45) is 4.60. The highest BCUT2D eigenvalue weighted by Gasteiger charge is 2.21. The smallest absolute Gasteiger partial charge is 0.249 e. The molecule has 2 aromatic rings. The van der Waals surface area contributed by atoms with Crippen molar-refractivity contribution in [3.63, 3.8) is 0 Å². The molecule has 20 heavy (non-hydrogen) atoms. The number of carbonyl (C=O) groups excluding carboxylic acids is 1. The summed E-state index contributed by atoms with van der Waals surface area (Å²) in [5, 5.41) is 2.91. The number of fused-ring (bicyclic) bond motifs is 1. The van der Waals surface area contributed by atoms with Crippen molar-refractivity contribution in [2.75, 3.05) is 6.61 Å². The van der Waals surface area contributed by atoms with E-state index in [0.29, 0.717) is 13.2 Å². The quantitative estimate of drug-likeness (QED) is 0.928. The standard InChI is InChI=1S/C15H19N3O2/c1-11-5-4-7-14-17-12(10-18(11)14)9-16-15(19)13-6-2-3-8-20-13/h4-5,7,10,13H,2-3,6,8-9H2,1H3,(H,16,19)/t13-/m0/s1. The molecule has 1 aliphatic heterocycles. The van der Waals surface area contributed by atoms with Crippen molar-refractivity contribution < 1.29 is 9.53 Å². The second kappa shape index (κ2) is 5.63. The van der Waals surface area contributed by atoms with E-state index in [9.17, 15) is 4.79 Å². The number of hydrogen-bond acceptors (Lipinski definition) is 3. The molecular formula is C15H19N3O2. The minimum atomic E-state index is -0.289. The molecule has 0 spiro atoms. The van der Waals surface area contributed by atoms with Crippen LogP contribution < -0.4 is 5.32 Å². The average Bonchev–Trinajstić information content (AvgIpc) is 2.90. The topological polar surface area (TPSA) is 55.6 Å². The fraction of sp³-hybridized carbons (Fsp3) is 0.467. The van der Waals surface area contributed by atoms with Gasteiger partial charge in [0, 0.05) is 18.5 Å². The van der Waals surface area contributed by atoms with Crippen LogP contribution in [0.25, 0.3) is 5.65 Å². The molecule has 106 valence electrons. The molecule has 3 rings (SSSR count). The maximum atomic E-state index is 12.0. The van der Waals surface area contributed by atoms with Gasteiger partial charge in [-0.15, -0.1) is 0 Å². The normalized spacial score (nSPS) is 19.1. The van der Waals surface area contributed by atoms with E-state index in [-0.39, 0.29) is 12.0 Å². The van der Waals surface area contributed by atoms with Gasteiger partial charge in [-0.2, -0.15) is 0 Å². The molecule has 0 saturated carbocycles. The summed E-state index contributed by atoms with van der Waals surface area (Å²) in [4.78, 5) is 16.5. The third-order valence-corrected chi connectivity index (χ3v) is 3.66. The minimum Gasteiger partial charge on any atom is -0.368 e. The van der Waals surface area contributed by atoms with Crippen molar-refractivity contribution in [3.8, 4) is 0 Å². The van der Waals surface area contributed by atoms with E-state index in [1.165, 1.54) is 0 Å². The molecule has 5 nitrogen and oxygen atoms in total. The van der Waals surface area contributed by atoms with Gasteiger partial charge in [0.05, 0.1) is 12.2 Å². The predicted octanol–water partition coefficient (Wildman–Crippen LogP) is 1.83. The number of carbonyl (C=O) groups is 1. The molecular weight excluding hydrogens is 254 g/mol. The van der Waals surface area contributed by atoms with Crippen LogP contribution in [-0.2, 0) is 16.1 Å². The molecule has 1 aliphatic rings. The lowest BCUT2D eigenvalue weighted by molar-refractivity contribution is -0.135. The van der Waals surface area contributed by atoms with Crippen molar-refractivity contribution in [3.05, 3.63) is 35.8 Å². The largest absolute Gasteiger partial charge is 0.368 e. The van der Waals surface area contributed by atoms with Crippen molar-refractivity contribution in [2.45, 2.75) is 38.8 Å². The van der Waals surface area contributed by atoms with Crippen LogP contribution in [0.4, 0.5) is 0 Å². The second-order valence-corrected chi connectivity index (χ2v) is 5.20. The number of nitrogens with one attached hydrogen (secondary N) is 1. The van der Waals surface area contributed by atoms with Crippen LogP contribution in [-0.4, -0.2) is 28.0 Å². The lowest BCUT2D eigenvalue weighted by Crippen LogP contribution is -2.38. The van der Waals surface area contributed by atoms with Crippen LogP contribution in [0.1, 0.15) is 30.7 Å². The van der Waals surface area contributed by atoms with Gasteiger partial charge in [-0.3, -0.25) is 4.79 Å². The van der Waals surface area contributed by atoms with Crippen LogP contribution in [0.2, 0.25) is 0 Å². The van der Waals surface area contributed by atoms with Gasteiger partial charge in [-0.1, -0.05) is 6.07 Å². The van der Waals surface area contributed by atoms with Crippen molar-refractivity contribution in [2.24, 2.45) is 0 Å². The van der Waals surface area contributed by atoms with Crippen LogP contribution in [0.5, 0.6) is 0 Å². The van der Waals surface area contributed by atoms with E-state index >= 15 is 0 Å². The van der Waals surface area contributed by atoms with E-state index in [2.05, 4.69) is 10.3 Å². The van der Waals surface area contributed by atoms with Crippen molar-refractivity contribution in [1.82, 2.24) is 14.7 Å². The maximum Gasteiger partial charge on any atom is 0.249 e. The molecule has 0 unspecified atom stereocenters. The van der Waals surface area contributed by atoms with Gasteiger partial charge >= 0.3 is 0 Å². The Morgan fingerprint density at radius 2 is 2.40 bits per heavy atom. The zero-order chi connectivity index (χ0) is 13.9. The van der Waals surface area contributed by atoms with E-state index in [4.69, 9.17) is 4.74 Å². The molecule has 1 saturated heterocycles. The number of ether oxygens (including phenoxy) is 1. The maximum absolute atomic E-state index is 12.0. The van der Waals surface area contributed by atoms with Gasteiger partial charge < -0.3 is 14.5 Å². The van der Waals surface area contributed by atoms with Crippen molar-refractivity contribution >= 4 is 11.6 Å². The Labute approximate surface area is 118 Å². The highest BCUT2D eigenvalue weighted by molar-refractivity contribution is 5.80. The molecule has 1 fully saturated rings. The van der Waals surface area contributed by atoms with Crippen LogP contribution in [0.3, 0.4) is 0 Å². The molecule has 1 atom stereocenters. The van der Waals surface area contributed by atoms with Crippen LogP contribution in [0.15, 0.2) is 24.4 Å². The molecule has 0 aromatic carbocycles. The minimum absolute atomic E-state index is 0.0292. The van der Waals surface area contributed by atoms with E-state index in [1.54, 1.807) is 0 Å². The Morgan fingerprint density at radius 3 is 3.15 bits per heavy atom. The molecule has 1 amide bonds. The molecule has 5 heteroatoms. The molecule has 3 heterocycles. The number of amides is 1. The predicted molar refractivity (Wildman–Crippen MR) is 75.4 cm³/mol. The molecule has 2 aromatic heterocycles. The first-order valence-electron chi connectivity index (χ1n) is 7.07. The van der Waals surface area contributed by atoms with E-state index < -0.39 is 0 Å². The van der Waals surface area contributed by atoms with Gasteiger partial charge in [0.1, 0.15) is 11.8 Å². The Balaban J connectivity index is 1.64. The summed E-state index contributed by atoms with van der Waals surface area (Å²) in [6.45, 7) is 3.17. The summed E-state index contributed by atoms with van der Waals surface area (Å²) in [5.41, 5.74) is 2.90. The number of nitrogens with zero attached hydrogens (tertiary/aromatic N) is 2. The monoisotopic (exact) mass is 273 g/mol. The Morgan fingerprint density at radius 1 is 1.50 bits per heavy atom. The number of pyridine rings is 1. The first-order chi connectivity index (χ1) is 9.74. The first-order valence-corrected chi connectivity index (χ1v) is 7.07. The number of hydrogen-bond donors (Lipinski definition) is 1. The zero-order valence-electron chi connectivity index (χ0n) is 11.6. The highest BCUT2D eigenvalue weighted by atomic mass is 16.5. The summed E-state index contributed by atoms with van der Waals surface area (Å²) >= 11 is 0. The van der Waals surface area contributed by atoms with Gasteiger partial charge in [-0.25, -0.2) is 4.98 Å². The fourth-order valence-electron chi connectivity index (χ4n) is 2.52. The number of rotatable bonds is 3. The Hall–Kier alpha value is -1.88. The van der Waals surface area contributed by atoms with Gasteiger partial charge in [0.25, 0.3) is 0 Å². The number of aryl methyl sites for hydroxylation is 1. The summed E-state index contributed by atoms with van der Waals surface area (Å²) in [7, 11) is 0. The Bertz CT molecular complexity index is 615. The second-order valence-electron chi connectivity index (χ2n) is 5.20. The van der Waals surface area contributed by atoms with Gasteiger partial charge in [-0.05, 0) is 38.3 Å². The third kappa shape index (κ3) is 2.67. The van der Waals surface area contributed by atoms with E-state index in [1.807, 2.05) is 35.7 Å². The first kappa shape index (κ1) is 13.1. The molecule has 0 aliphatic carbocycles. The summed E-state index contributed by atoms with van der Waals surface area (Å²) < 4.78 is 7.49. The zero-order valence-corrected chi connectivity index (χ0v) is 11.6. The van der Waals surface area contributed by atoms with E-state index in [0.717, 1.165) is 36.3 Å². The fourth-order valence-corrected chi connectivity index (χ4v) is 2.52. The lowest BCUT2D eigenvalue weighted by atomic mass is 10.1. The van der Waals surface area contributed by atoms with Crippen molar-refractivity contribution in [1.29, 1.82) is 0 Å². The summed E-state index contributed by atoms with van der Waals surface area (Å²) in [6, 6.07) is 5.98. The Kier molecular flexibility index (Phi) is 3.69. The highest BCUT2D eigenvalue weighted by Crippen LogP contribution is 2.13. The van der Waals surface area contributed by atoms with Crippen LogP contribution in [0, 0.1) is 6.92 Å². The van der Waals surface area contributed by atoms with Gasteiger partial charge in [0.15, 0.2) is 0 Å². The number of imidazole rings is 1. The molecule has 0 radical (unpaired) electrons. The number of aromatic nitrogens is 2. The lowest BCUT2D eigenvalue weighted by Gasteiger charge is -2.21. The molecule has 0 bridgehead atoms. The molecule has 1 N–H and O–H groups in total. The van der Waals surface area contributed by atoms with Crippen LogP contribution >= 0.6 is 0 Å².